The molecule has 3 heterocycles. The quantitative estimate of drug-likeness (QED) is 0.716. The van der Waals surface area contributed by atoms with E-state index in [1.54, 1.807) is 25.6 Å². The van der Waals surface area contributed by atoms with Crippen LogP contribution < -0.4 is 10.3 Å². The summed E-state index contributed by atoms with van der Waals surface area (Å²) in [7, 11) is 1.71. The largest absolute Gasteiger partial charge is 0.496 e. The van der Waals surface area contributed by atoms with Crippen molar-refractivity contribution in [1.82, 2.24) is 19.9 Å². The molecule has 1 saturated heterocycles. The van der Waals surface area contributed by atoms with Crippen LogP contribution >= 0.6 is 0 Å². The highest BCUT2D eigenvalue weighted by Gasteiger charge is 2.27. The second-order valence-electron chi connectivity index (χ2n) is 7.56. The minimum Gasteiger partial charge on any atom is -0.496 e. The van der Waals surface area contributed by atoms with Crippen LogP contribution in [0, 0.1) is 6.92 Å². The topological polar surface area (TPSA) is 71.1 Å². The highest BCUT2D eigenvalue weighted by atomic mass is 16.5. The van der Waals surface area contributed by atoms with Gasteiger partial charge in [0, 0.05) is 36.1 Å². The molecule has 1 atom stereocenters. The number of aryl methyl sites for hydroxylation is 1. The van der Waals surface area contributed by atoms with Gasteiger partial charge in [-0.15, -0.1) is 0 Å². The summed E-state index contributed by atoms with van der Waals surface area (Å²) in [4.78, 5) is 26.6. The third-order valence-corrected chi connectivity index (χ3v) is 5.46. The molecule has 1 aromatic carbocycles. The number of rotatable bonds is 5. The standard InChI is InChI=1S/C23H26N4O2/c1-16-8-9-21(29-2)18(12-16)15-27-11-4-3-7-20(27)19-13-22(28)26-23(25-19)17-6-5-10-24-14-17/h5-6,8-10,12-14,20H,3-4,7,11,15H2,1-2H3,(H,25,26,28)/t20-/m0/s1. The summed E-state index contributed by atoms with van der Waals surface area (Å²) >= 11 is 0. The number of methoxy groups -OCH3 is 1. The van der Waals surface area contributed by atoms with E-state index < -0.39 is 0 Å². The van der Waals surface area contributed by atoms with Crippen molar-refractivity contribution >= 4 is 0 Å². The fraction of sp³-hybridized carbons (Fsp3) is 0.348. The van der Waals surface area contributed by atoms with E-state index >= 15 is 0 Å². The lowest BCUT2D eigenvalue weighted by Gasteiger charge is -2.35. The normalized spacial score (nSPS) is 17.2. The lowest BCUT2D eigenvalue weighted by Crippen LogP contribution is -2.34. The highest BCUT2D eigenvalue weighted by molar-refractivity contribution is 5.52. The Balaban J connectivity index is 1.67. The Morgan fingerprint density at radius 3 is 2.93 bits per heavy atom. The molecular weight excluding hydrogens is 364 g/mol. The fourth-order valence-electron chi connectivity index (χ4n) is 4.05. The van der Waals surface area contributed by atoms with Crippen molar-refractivity contribution in [2.24, 2.45) is 0 Å². The molecule has 1 aliphatic rings. The van der Waals surface area contributed by atoms with Crippen molar-refractivity contribution in [3.63, 3.8) is 0 Å². The highest BCUT2D eigenvalue weighted by Crippen LogP contribution is 2.33. The molecule has 0 radical (unpaired) electrons. The molecule has 1 N–H and O–H groups in total. The van der Waals surface area contributed by atoms with Gasteiger partial charge in [-0.3, -0.25) is 14.7 Å². The zero-order chi connectivity index (χ0) is 20.2. The van der Waals surface area contributed by atoms with Crippen molar-refractivity contribution < 1.29 is 4.74 Å². The Morgan fingerprint density at radius 2 is 2.14 bits per heavy atom. The smallest absolute Gasteiger partial charge is 0.251 e. The van der Waals surface area contributed by atoms with Gasteiger partial charge in [-0.2, -0.15) is 0 Å². The Bertz CT molecular complexity index is 1030. The molecular formula is C23H26N4O2. The first-order valence-corrected chi connectivity index (χ1v) is 10.0. The average molecular weight is 390 g/mol. The second-order valence-corrected chi connectivity index (χ2v) is 7.56. The van der Waals surface area contributed by atoms with Gasteiger partial charge in [-0.1, -0.05) is 24.1 Å². The first-order chi connectivity index (χ1) is 14.1. The summed E-state index contributed by atoms with van der Waals surface area (Å²) in [5.74, 6) is 1.47. The predicted molar refractivity (Wildman–Crippen MR) is 113 cm³/mol. The van der Waals surface area contributed by atoms with Crippen LogP contribution in [0.1, 0.15) is 42.1 Å². The van der Waals surface area contributed by atoms with Crippen molar-refractivity contribution in [3.8, 4) is 17.1 Å². The fourth-order valence-corrected chi connectivity index (χ4v) is 4.05. The van der Waals surface area contributed by atoms with Crippen molar-refractivity contribution in [1.29, 1.82) is 0 Å². The SMILES string of the molecule is COc1ccc(C)cc1CN1CCCC[C@H]1c1cc(=O)[nH]c(-c2cccnc2)n1. The van der Waals surface area contributed by atoms with E-state index in [2.05, 4.69) is 33.9 Å². The van der Waals surface area contributed by atoms with E-state index in [4.69, 9.17) is 9.72 Å². The maximum Gasteiger partial charge on any atom is 0.251 e. The molecule has 2 aromatic heterocycles. The minimum atomic E-state index is -0.132. The molecule has 0 aliphatic carbocycles. The van der Waals surface area contributed by atoms with Crippen molar-refractivity contribution in [2.45, 2.75) is 38.8 Å². The summed E-state index contributed by atoms with van der Waals surface area (Å²) in [5, 5.41) is 0. The van der Waals surface area contributed by atoms with Gasteiger partial charge in [-0.25, -0.2) is 4.98 Å². The van der Waals surface area contributed by atoms with Gasteiger partial charge in [0.2, 0.25) is 0 Å². The van der Waals surface area contributed by atoms with E-state index in [1.807, 2.05) is 18.2 Å². The van der Waals surface area contributed by atoms with Gasteiger partial charge >= 0.3 is 0 Å². The lowest BCUT2D eigenvalue weighted by molar-refractivity contribution is 0.136. The molecule has 1 fully saturated rings. The molecule has 6 nitrogen and oxygen atoms in total. The van der Waals surface area contributed by atoms with Crippen molar-refractivity contribution in [2.75, 3.05) is 13.7 Å². The number of aromatic nitrogens is 3. The zero-order valence-corrected chi connectivity index (χ0v) is 16.9. The van der Waals surface area contributed by atoms with Crippen LogP contribution in [0.3, 0.4) is 0 Å². The molecule has 0 unspecified atom stereocenters. The molecule has 0 saturated carbocycles. The number of pyridine rings is 1. The monoisotopic (exact) mass is 390 g/mol. The molecule has 3 aromatic rings. The van der Waals surface area contributed by atoms with E-state index in [0.717, 1.165) is 54.9 Å². The van der Waals surface area contributed by atoms with Crippen molar-refractivity contribution in [3.05, 3.63) is 76.0 Å². The van der Waals surface area contributed by atoms with Gasteiger partial charge < -0.3 is 9.72 Å². The van der Waals surface area contributed by atoms with E-state index in [9.17, 15) is 4.79 Å². The molecule has 0 bridgehead atoms. The van der Waals surface area contributed by atoms with Crippen LogP contribution in [0.25, 0.3) is 11.4 Å². The molecule has 6 heteroatoms. The van der Waals surface area contributed by atoms with Crippen LogP contribution in [-0.4, -0.2) is 33.5 Å². The molecule has 4 rings (SSSR count). The van der Waals surface area contributed by atoms with Gasteiger partial charge in [-0.05, 0) is 44.5 Å². The van der Waals surface area contributed by atoms with E-state index in [-0.39, 0.29) is 11.6 Å². The van der Waals surface area contributed by atoms with E-state index in [1.165, 1.54) is 5.56 Å². The van der Waals surface area contributed by atoms with E-state index in [0.29, 0.717) is 5.82 Å². The predicted octanol–water partition coefficient (Wildman–Crippen LogP) is 3.88. The molecule has 0 spiro atoms. The molecule has 150 valence electrons. The number of likely N-dealkylation sites (tertiary alicyclic amines) is 1. The van der Waals surface area contributed by atoms with Crippen LogP contribution in [0.15, 0.2) is 53.6 Å². The number of piperidine rings is 1. The Hall–Kier alpha value is -2.99. The molecule has 29 heavy (non-hydrogen) atoms. The lowest BCUT2D eigenvalue weighted by atomic mass is 9.97. The third-order valence-electron chi connectivity index (χ3n) is 5.46. The van der Waals surface area contributed by atoms with Crippen LogP contribution in [0.5, 0.6) is 5.75 Å². The Kier molecular flexibility index (Phi) is 5.71. The number of H-pyrrole nitrogens is 1. The van der Waals surface area contributed by atoms with Gasteiger partial charge in [0.1, 0.15) is 11.6 Å². The first-order valence-electron chi connectivity index (χ1n) is 10.0. The van der Waals surface area contributed by atoms with Gasteiger partial charge in [0.25, 0.3) is 5.56 Å². The minimum absolute atomic E-state index is 0.103. The van der Waals surface area contributed by atoms with Gasteiger partial charge in [0.05, 0.1) is 18.8 Å². The summed E-state index contributed by atoms with van der Waals surface area (Å²) in [6.07, 6.45) is 6.69. The maximum atomic E-state index is 12.4. The van der Waals surface area contributed by atoms with Gasteiger partial charge in [0.15, 0.2) is 0 Å². The number of ether oxygens (including phenoxy) is 1. The number of nitrogens with zero attached hydrogens (tertiary/aromatic N) is 3. The number of hydrogen-bond donors (Lipinski definition) is 1. The number of benzene rings is 1. The number of aromatic amines is 1. The van der Waals surface area contributed by atoms with Crippen LogP contribution in [0.4, 0.5) is 0 Å². The Morgan fingerprint density at radius 1 is 1.24 bits per heavy atom. The molecule has 1 aliphatic heterocycles. The first kappa shape index (κ1) is 19.3. The van der Waals surface area contributed by atoms with Crippen LogP contribution in [-0.2, 0) is 6.54 Å². The summed E-state index contributed by atoms with van der Waals surface area (Å²) in [6.45, 7) is 3.83. The summed E-state index contributed by atoms with van der Waals surface area (Å²) in [6, 6.07) is 11.8. The Labute approximate surface area is 170 Å². The van der Waals surface area contributed by atoms with Crippen LogP contribution in [0.2, 0.25) is 0 Å². The summed E-state index contributed by atoms with van der Waals surface area (Å²) in [5.41, 5.74) is 3.87. The second kappa shape index (κ2) is 8.57. The number of hydrogen-bond acceptors (Lipinski definition) is 5. The third kappa shape index (κ3) is 4.38. The number of nitrogens with one attached hydrogen (secondary N) is 1. The molecule has 0 amide bonds. The maximum absolute atomic E-state index is 12.4. The summed E-state index contributed by atoms with van der Waals surface area (Å²) < 4.78 is 5.57. The average Bonchev–Trinajstić information content (AvgIpc) is 2.74. The zero-order valence-electron chi connectivity index (χ0n) is 16.9.